The quantitative estimate of drug-likeness (QED) is 0.928. The number of hydrogen-bond donors (Lipinski definition) is 1. The number of carbonyl (C=O) groups is 1. The number of carbonyl (C=O) groups excluding carboxylic acids is 1. The third-order valence-corrected chi connectivity index (χ3v) is 3.85. The van der Waals surface area contributed by atoms with Gasteiger partial charge in [-0.3, -0.25) is 4.79 Å². The van der Waals surface area contributed by atoms with Crippen LogP contribution in [-0.4, -0.2) is 5.91 Å². The minimum Gasteiger partial charge on any atom is -0.351 e. The average Bonchev–Trinajstić information content (AvgIpc) is 2.84. The zero-order valence-electron chi connectivity index (χ0n) is 10.6. The van der Waals surface area contributed by atoms with E-state index in [2.05, 4.69) is 11.4 Å². The molecule has 96 valence electrons. The summed E-state index contributed by atoms with van der Waals surface area (Å²) in [7, 11) is 0. The maximum absolute atomic E-state index is 12.1. The molecule has 0 aliphatic rings. The molecule has 19 heavy (non-hydrogen) atoms. The van der Waals surface area contributed by atoms with Gasteiger partial charge in [-0.2, -0.15) is 16.6 Å². The smallest absolute Gasteiger partial charge is 0.242 e. The van der Waals surface area contributed by atoms with Gasteiger partial charge in [-0.1, -0.05) is 30.3 Å². The lowest BCUT2D eigenvalue weighted by atomic mass is 10.00. The Balaban J connectivity index is 2.03. The van der Waals surface area contributed by atoms with Gasteiger partial charge in [-0.05, 0) is 34.4 Å². The molecule has 0 radical (unpaired) electrons. The van der Waals surface area contributed by atoms with Crippen LogP contribution in [0.5, 0.6) is 0 Å². The Morgan fingerprint density at radius 1 is 1.37 bits per heavy atom. The Hall–Kier alpha value is -2.12. The van der Waals surface area contributed by atoms with Crippen LogP contribution in [-0.2, 0) is 11.3 Å². The van der Waals surface area contributed by atoms with Crippen LogP contribution in [0, 0.1) is 18.3 Å². The minimum atomic E-state index is -0.750. The summed E-state index contributed by atoms with van der Waals surface area (Å²) >= 11 is 1.61. The van der Waals surface area contributed by atoms with E-state index < -0.39 is 5.92 Å². The maximum Gasteiger partial charge on any atom is 0.242 e. The molecule has 0 fully saturated rings. The van der Waals surface area contributed by atoms with E-state index in [1.54, 1.807) is 23.5 Å². The first-order valence-corrected chi connectivity index (χ1v) is 6.90. The van der Waals surface area contributed by atoms with Crippen LogP contribution in [0.1, 0.15) is 22.6 Å². The van der Waals surface area contributed by atoms with E-state index in [1.165, 1.54) is 5.56 Å². The molecule has 0 saturated heterocycles. The van der Waals surface area contributed by atoms with Crippen LogP contribution in [0.4, 0.5) is 0 Å². The number of nitrogens with one attached hydrogen (secondary N) is 1. The molecule has 0 saturated carbocycles. The first-order valence-electron chi connectivity index (χ1n) is 5.96. The van der Waals surface area contributed by atoms with Crippen LogP contribution >= 0.6 is 11.3 Å². The van der Waals surface area contributed by atoms with Crippen molar-refractivity contribution in [3.05, 3.63) is 57.8 Å². The summed E-state index contributed by atoms with van der Waals surface area (Å²) in [5.74, 6) is -1.00. The molecule has 1 amide bonds. The van der Waals surface area contributed by atoms with Crippen molar-refractivity contribution in [3.8, 4) is 6.07 Å². The molecule has 2 aromatic rings. The number of nitrogens with zero attached hydrogens (tertiary/aromatic N) is 1. The number of hydrogen-bond acceptors (Lipinski definition) is 3. The van der Waals surface area contributed by atoms with Gasteiger partial charge in [0.05, 0.1) is 6.07 Å². The van der Waals surface area contributed by atoms with Crippen molar-refractivity contribution >= 4 is 17.2 Å². The Morgan fingerprint density at radius 3 is 2.68 bits per heavy atom. The first-order chi connectivity index (χ1) is 9.22. The van der Waals surface area contributed by atoms with Crippen LogP contribution < -0.4 is 5.32 Å². The fourth-order valence-electron chi connectivity index (χ4n) is 1.78. The Kier molecular flexibility index (Phi) is 4.32. The molecular formula is C15H14N2OS. The van der Waals surface area contributed by atoms with Gasteiger partial charge < -0.3 is 5.32 Å². The summed E-state index contributed by atoms with van der Waals surface area (Å²) in [6, 6.07) is 11.2. The predicted molar refractivity (Wildman–Crippen MR) is 75.7 cm³/mol. The molecule has 3 nitrogen and oxygen atoms in total. The summed E-state index contributed by atoms with van der Waals surface area (Å²) in [5.41, 5.74) is 2.99. The van der Waals surface area contributed by atoms with Crippen LogP contribution in [0.3, 0.4) is 0 Å². The second-order valence-corrected chi connectivity index (χ2v) is 5.01. The number of thiophene rings is 1. The molecule has 1 N–H and O–H groups in total. The SMILES string of the molecule is Cc1cscc1CNC(=O)C(C#N)c1ccccc1. The molecule has 1 heterocycles. The Bertz CT molecular complexity index is 598. The van der Waals surface area contributed by atoms with Crippen molar-refractivity contribution < 1.29 is 4.79 Å². The monoisotopic (exact) mass is 270 g/mol. The van der Waals surface area contributed by atoms with Gasteiger partial charge in [0.25, 0.3) is 0 Å². The highest BCUT2D eigenvalue weighted by Gasteiger charge is 2.19. The van der Waals surface area contributed by atoms with E-state index in [0.717, 1.165) is 11.1 Å². The largest absolute Gasteiger partial charge is 0.351 e. The first kappa shape index (κ1) is 13.3. The Morgan fingerprint density at radius 2 is 2.11 bits per heavy atom. The molecular weight excluding hydrogens is 256 g/mol. The number of benzene rings is 1. The normalized spacial score (nSPS) is 11.6. The molecule has 0 aliphatic heterocycles. The fourth-order valence-corrected chi connectivity index (χ4v) is 2.64. The highest BCUT2D eigenvalue weighted by Crippen LogP contribution is 2.16. The van der Waals surface area contributed by atoms with Crippen molar-refractivity contribution in [3.63, 3.8) is 0 Å². The Labute approximate surface area is 116 Å². The van der Waals surface area contributed by atoms with E-state index in [1.807, 2.05) is 35.9 Å². The topological polar surface area (TPSA) is 52.9 Å². The van der Waals surface area contributed by atoms with E-state index in [9.17, 15) is 4.79 Å². The van der Waals surface area contributed by atoms with Crippen LogP contribution in [0.15, 0.2) is 41.1 Å². The van der Waals surface area contributed by atoms with Gasteiger partial charge in [0.15, 0.2) is 0 Å². The summed E-state index contributed by atoms with van der Waals surface area (Å²) < 4.78 is 0. The standard InChI is InChI=1S/C15H14N2OS/c1-11-9-19-10-13(11)8-17-15(18)14(7-16)12-5-3-2-4-6-12/h2-6,9-10,14H,8H2,1H3,(H,17,18). The van der Waals surface area contributed by atoms with Crippen molar-refractivity contribution in [2.24, 2.45) is 0 Å². The maximum atomic E-state index is 12.1. The molecule has 1 unspecified atom stereocenters. The van der Waals surface area contributed by atoms with E-state index in [4.69, 9.17) is 5.26 Å². The third-order valence-electron chi connectivity index (χ3n) is 2.94. The third kappa shape index (κ3) is 3.21. The average molecular weight is 270 g/mol. The van der Waals surface area contributed by atoms with Gasteiger partial charge in [-0.15, -0.1) is 0 Å². The highest BCUT2D eigenvalue weighted by atomic mass is 32.1. The second kappa shape index (κ2) is 6.17. The number of aryl methyl sites for hydroxylation is 1. The molecule has 4 heteroatoms. The van der Waals surface area contributed by atoms with E-state index in [0.29, 0.717) is 6.54 Å². The molecule has 0 bridgehead atoms. The van der Waals surface area contributed by atoms with Gasteiger partial charge in [0.2, 0.25) is 5.91 Å². The van der Waals surface area contributed by atoms with Gasteiger partial charge in [-0.25, -0.2) is 0 Å². The molecule has 0 spiro atoms. The lowest BCUT2D eigenvalue weighted by Gasteiger charge is -2.10. The summed E-state index contributed by atoms with van der Waals surface area (Å²) in [5, 5.41) is 16.0. The molecule has 2 rings (SSSR count). The summed E-state index contributed by atoms with van der Waals surface area (Å²) in [6.07, 6.45) is 0. The summed E-state index contributed by atoms with van der Waals surface area (Å²) in [6.45, 7) is 2.48. The van der Waals surface area contributed by atoms with Gasteiger partial charge >= 0.3 is 0 Å². The number of nitriles is 1. The fraction of sp³-hybridized carbons (Fsp3) is 0.200. The highest BCUT2D eigenvalue weighted by molar-refractivity contribution is 7.08. The summed E-state index contributed by atoms with van der Waals surface area (Å²) in [4.78, 5) is 12.1. The number of amides is 1. The van der Waals surface area contributed by atoms with Gasteiger partial charge in [0, 0.05) is 6.54 Å². The molecule has 0 aliphatic carbocycles. The van der Waals surface area contributed by atoms with Crippen LogP contribution in [0.25, 0.3) is 0 Å². The molecule has 1 atom stereocenters. The second-order valence-electron chi connectivity index (χ2n) is 4.27. The zero-order valence-corrected chi connectivity index (χ0v) is 11.4. The van der Waals surface area contributed by atoms with Gasteiger partial charge in [0.1, 0.15) is 5.92 Å². The van der Waals surface area contributed by atoms with Crippen molar-refractivity contribution in [1.29, 1.82) is 5.26 Å². The number of rotatable bonds is 4. The van der Waals surface area contributed by atoms with Crippen molar-refractivity contribution in [2.75, 3.05) is 0 Å². The molecule has 1 aromatic carbocycles. The van der Waals surface area contributed by atoms with Crippen molar-refractivity contribution in [1.82, 2.24) is 5.32 Å². The minimum absolute atomic E-state index is 0.251. The lowest BCUT2D eigenvalue weighted by molar-refractivity contribution is -0.121. The lowest BCUT2D eigenvalue weighted by Crippen LogP contribution is -2.28. The van der Waals surface area contributed by atoms with E-state index >= 15 is 0 Å². The van der Waals surface area contributed by atoms with Crippen molar-refractivity contribution in [2.45, 2.75) is 19.4 Å². The van der Waals surface area contributed by atoms with E-state index in [-0.39, 0.29) is 5.91 Å². The zero-order chi connectivity index (χ0) is 13.7. The molecule has 1 aromatic heterocycles. The van der Waals surface area contributed by atoms with Crippen LogP contribution in [0.2, 0.25) is 0 Å². The predicted octanol–water partition coefficient (Wildman–Crippen LogP) is 2.98.